The Bertz CT molecular complexity index is 370. The van der Waals surface area contributed by atoms with Gasteiger partial charge in [-0.1, -0.05) is 13.8 Å². The molecule has 0 bridgehead atoms. The Hall–Kier alpha value is -0.910. The standard InChI is InChI=1S/C11H22NO6P/c1-7(2)5-8(10(13)14)6-19(17,18)4-3-9(12)11(15)16/h7-9H,3-6,12H2,1-2H3,(H,13,14)(H,15,16)(H,17,18)/p-1/t8-,9+/m1/s1. The quantitative estimate of drug-likeness (QED) is 0.447. The van der Waals surface area contributed by atoms with Gasteiger partial charge < -0.3 is 30.4 Å². The Morgan fingerprint density at radius 1 is 1.26 bits per heavy atom. The maximum Gasteiger partial charge on any atom is 0.201 e. The van der Waals surface area contributed by atoms with Gasteiger partial charge in [-0.05, 0) is 12.3 Å². The molecule has 4 N–H and O–H groups in total. The molecule has 0 aromatic rings. The second kappa shape index (κ2) is 7.62. The number of carboxylic acid groups (broad SMARTS) is 2. The first-order valence-corrected chi connectivity index (χ1v) is 8.13. The molecule has 0 spiro atoms. The Kier molecular flexibility index (Phi) is 7.26. The molecule has 1 unspecified atom stereocenters. The molecule has 0 aromatic carbocycles. The Morgan fingerprint density at radius 3 is 2.16 bits per heavy atom. The molecule has 0 radical (unpaired) electrons. The van der Waals surface area contributed by atoms with Crippen molar-refractivity contribution in [3.05, 3.63) is 0 Å². The largest absolute Gasteiger partial charge is 0.550 e. The Balaban J connectivity index is 4.51. The van der Waals surface area contributed by atoms with Gasteiger partial charge in [-0.25, -0.2) is 0 Å². The van der Waals surface area contributed by atoms with Gasteiger partial charge in [-0.3, -0.25) is 4.57 Å². The topological polar surface area (TPSA) is 145 Å². The van der Waals surface area contributed by atoms with Crippen molar-refractivity contribution in [3.8, 4) is 0 Å². The van der Waals surface area contributed by atoms with Gasteiger partial charge in [0, 0.05) is 30.6 Å². The molecule has 0 saturated heterocycles. The van der Waals surface area contributed by atoms with Crippen LogP contribution in [0.25, 0.3) is 0 Å². The fraction of sp³-hybridized carbons (Fsp3) is 0.818. The summed E-state index contributed by atoms with van der Waals surface area (Å²) in [6.45, 7) is 3.61. The molecule has 0 fully saturated rings. The van der Waals surface area contributed by atoms with Gasteiger partial charge in [-0.2, -0.15) is 0 Å². The SMILES string of the molecule is CC(C)C[C@H](CP(=O)(O)CC[C@H]([NH3+])C(=O)[O-])C(=O)[O-]. The van der Waals surface area contributed by atoms with Crippen molar-refractivity contribution in [1.82, 2.24) is 0 Å². The predicted molar refractivity (Wildman–Crippen MR) is 63.8 cm³/mol. The van der Waals surface area contributed by atoms with Crippen LogP contribution in [0.1, 0.15) is 26.7 Å². The van der Waals surface area contributed by atoms with E-state index in [0.29, 0.717) is 0 Å². The lowest BCUT2D eigenvalue weighted by Crippen LogP contribution is -2.68. The van der Waals surface area contributed by atoms with Gasteiger partial charge >= 0.3 is 0 Å². The van der Waals surface area contributed by atoms with E-state index in [4.69, 9.17) is 0 Å². The van der Waals surface area contributed by atoms with Crippen molar-refractivity contribution in [2.24, 2.45) is 11.8 Å². The summed E-state index contributed by atoms with van der Waals surface area (Å²) < 4.78 is 11.9. The van der Waals surface area contributed by atoms with E-state index in [1.807, 2.05) is 0 Å². The van der Waals surface area contributed by atoms with Gasteiger partial charge in [0.2, 0.25) is 7.37 Å². The van der Waals surface area contributed by atoms with Gasteiger partial charge in [0.1, 0.15) is 6.04 Å². The fourth-order valence-electron chi connectivity index (χ4n) is 1.73. The number of rotatable bonds is 9. The molecule has 19 heavy (non-hydrogen) atoms. The van der Waals surface area contributed by atoms with E-state index < -0.39 is 37.4 Å². The maximum absolute atomic E-state index is 11.9. The van der Waals surface area contributed by atoms with Crippen molar-refractivity contribution in [3.63, 3.8) is 0 Å². The third-order valence-corrected chi connectivity index (χ3v) is 4.72. The lowest BCUT2D eigenvalue weighted by molar-refractivity contribution is -0.437. The molecular weight excluding hydrogens is 273 g/mol. The van der Waals surface area contributed by atoms with Crippen LogP contribution in [0.15, 0.2) is 0 Å². The van der Waals surface area contributed by atoms with Crippen molar-refractivity contribution < 1.29 is 35.0 Å². The molecule has 0 aromatic heterocycles. The highest BCUT2D eigenvalue weighted by Gasteiger charge is 2.27. The van der Waals surface area contributed by atoms with Crippen LogP contribution in [-0.4, -0.2) is 35.2 Å². The molecule has 0 saturated carbocycles. The van der Waals surface area contributed by atoms with E-state index in [0.717, 1.165) is 0 Å². The van der Waals surface area contributed by atoms with Gasteiger partial charge in [0.05, 0.1) is 5.97 Å². The summed E-state index contributed by atoms with van der Waals surface area (Å²) in [7, 11) is -3.70. The maximum atomic E-state index is 11.9. The van der Waals surface area contributed by atoms with Crippen LogP contribution < -0.4 is 15.9 Å². The van der Waals surface area contributed by atoms with Crippen molar-refractivity contribution >= 4 is 19.3 Å². The van der Waals surface area contributed by atoms with Crippen molar-refractivity contribution in [2.75, 3.05) is 12.3 Å². The fourth-order valence-corrected chi connectivity index (χ4v) is 3.61. The third kappa shape index (κ3) is 7.97. The lowest BCUT2D eigenvalue weighted by atomic mass is 9.99. The van der Waals surface area contributed by atoms with Crippen LogP contribution in [0.5, 0.6) is 0 Å². The summed E-state index contributed by atoms with van der Waals surface area (Å²) in [4.78, 5) is 31.0. The highest BCUT2D eigenvalue weighted by molar-refractivity contribution is 7.58. The van der Waals surface area contributed by atoms with Crippen LogP contribution in [-0.2, 0) is 14.2 Å². The molecule has 0 heterocycles. The number of hydrogen-bond donors (Lipinski definition) is 2. The van der Waals surface area contributed by atoms with Crippen LogP contribution in [0.4, 0.5) is 0 Å². The summed E-state index contributed by atoms with van der Waals surface area (Å²) in [5.74, 6) is -3.68. The van der Waals surface area contributed by atoms with Crippen molar-refractivity contribution in [2.45, 2.75) is 32.7 Å². The Morgan fingerprint density at radius 2 is 1.79 bits per heavy atom. The predicted octanol–water partition coefficient (Wildman–Crippen LogP) is -2.58. The summed E-state index contributed by atoms with van der Waals surface area (Å²) in [5, 5.41) is 21.3. The van der Waals surface area contributed by atoms with Crippen LogP contribution in [0.2, 0.25) is 0 Å². The van der Waals surface area contributed by atoms with Gasteiger partial charge in [0.15, 0.2) is 0 Å². The highest BCUT2D eigenvalue weighted by Crippen LogP contribution is 2.44. The number of carbonyl (C=O) groups is 2. The second-order valence-corrected chi connectivity index (χ2v) is 7.71. The summed E-state index contributed by atoms with van der Waals surface area (Å²) >= 11 is 0. The Labute approximate surface area is 112 Å². The lowest BCUT2D eigenvalue weighted by Gasteiger charge is -2.23. The van der Waals surface area contributed by atoms with Crippen LogP contribution in [0, 0.1) is 11.8 Å². The van der Waals surface area contributed by atoms with E-state index in [1.54, 1.807) is 13.8 Å². The van der Waals surface area contributed by atoms with Gasteiger partial charge in [-0.15, -0.1) is 0 Å². The normalized spacial score (nSPS) is 17.7. The van der Waals surface area contributed by atoms with Crippen LogP contribution >= 0.6 is 7.37 Å². The molecule has 8 heteroatoms. The molecule has 3 atom stereocenters. The van der Waals surface area contributed by atoms with E-state index >= 15 is 0 Å². The molecule has 0 aliphatic rings. The van der Waals surface area contributed by atoms with Crippen molar-refractivity contribution in [1.29, 1.82) is 0 Å². The van der Waals surface area contributed by atoms with E-state index in [-0.39, 0.29) is 24.9 Å². The number of carbonyl (C=O) groups excluding carboxylic acids is 2. The minimum atomic E-state index is -3.70. The average Bonchev–Trinajstić information content (AvgIpc) is 2.23. The highest BCUT2D eigenvalue weighted by atomic mass is 31.2. The van der Waals surface area contributed by atoms with E-state index in [2.05, 4.69) is 5.73 Å². The average molecular weight is 294 g/mol. The minimum absolute atomic E-state index is 0.0618. The van der Waals surface area contributed by atoms with E-state index in [9.17, 15) is 29.3 Å². The smallest absolute Gasteiger partial charge is 0.201 e. The summed E-state index contributed by atoms with van der Waals surface area (Å²) in [6.07, 6.45) is -0.539. The molecule has 0 aliphatic carbocycles. The zero-order valence-electron chi connectivity index (χ0n) is 11.2. The van der Waals surface area contributed by atoms with E-state index in [1.165, 1.54) is 0 Å². The molecule has 112 valence electrons. The molecule has 0 aliphatic heterocycles. The minimum Gasteiger partial charge on any atom is -0.550 e. The zero-order chi connectivity index (χ0) is 15.2. The van der Waals surface area contributed by atoms with Crippen LogP contribution in [0.3, 0.4) is 0 Å². The molecule has 0 rings (SSSR count). The first-order chi connectivity index (χ1) is 8.55. The first kappa shape index (κ1) is 18.1. The number of carboxylic acids is 2. The molecule has 0 amide bonds. The molecule has 7 nitrogen and oxygen atoms in total. The zero-order valence-corrected chi connectivity index (χ0v) is 12.1. The van der Waals surface area contributed by atoms with Gasteiger partial charge in [0.25, 0.3) is 0 Å². The number of aliphatic carboxylic acids is 2. The number of quaternary nitrogens is 1. The second-order valence-electron chi connectivity index (χ2n) is 5.20. The first-order valence-electron chi connectivity index (χ1n) is 6.10. The molecular formula is C11H21NO6P-. The monoisotopic (exact) mass is 294 g/mol. The third-order valence-electron chi connectivity index (χ3n) is 2.76. The summed E-state index contributed by atoms with van der Waals surface area (Å²) in [5.41, 5.74) is 3.28. The summed E-state index contributed by atoms with van der Waals surface area (Å²) in [6, 6.07) is -1.08. The number of hydrogen-bond acceptors (Lipinski definition) is 5.